The van der Waals surface area contributed by atoms with Gasteiger partial charge in [-0.3, -0.25) is 0 Å². The maximum absolute atomic E-state index is 3.52. The zero-order chi connectivity index (χ0) is 13.2. The van der Waals surface area contributed by atoms with E-state index in [1.807, 2.05) is 0 Å². The minimum absolute atomic E-state index is 0.598. The highest BCUT2D eigenvalue weighted by Crippen LogP contribution is 2.29. The first kappa shape index (κ1) is 12.9. The maximum Gasteiger partial charge on any atom is 0.0417 e. The molecule has 1 fully saturated rings. The van der Waals surface area contributed by atoms with Crippen molar-refractivity contribution in [2.24, 2.45) is 0 Å². The van der Waals surface area contributed by atoms with Crippen LogP contribution in [0.5, 0.6) is 0 Å². The Labute approximate surface area is 116 Å². The van der Waals surface area contributed by atoms with Gasteiger partial charge >= 0.3 is 0 Å². The van der Waals surface area contributed by atoms with E-state index in [4.69, 9.17) is 0 Å². The summed E-state index contributed by atoms with van der Waals surface area (Å²) in [7, 11) is 2.24. The molecule has 3 rings (SSSR count). The van der Waals surface area contributed by atoms with Crippen molar-refractivity contribution in [3.63, 3.8) is 0 Å². The molecule has 19 heavy (non-hydrogen) atoms. The number of likely N-dealkylation sites (N-methyl/N-ethyl adjacent to an activating group) is 1. The SMILES string of the molecule is CC1CN(C)CCCN1c1cccc2c1CNCC2. The van der Waals surface area contributed by atoms with E-state index in [2.05, 4.69) is 47.3 Å². The molecule has 0 saturated carbocycles. The summed E-state index contributed by atoms with van der Waals surface area (Å²) in [6.45, 7) is 8.07. The van der Waals surface area contributed by atoms with Gasteiger partial charge < -0.3 is 15.1 Å². The van der Waals surface area contributed by atoms with Crippen molar-refractivity contribution in [2.45, 2.75) is 32.4 Å². The summed E-state index contributed by atoms with van der Waals surface area (Å²) in [6.07, 6.45) is 2.43. The van der Waals surface area contributed by atoms with E-state index in [9.17, 15) is 0 Å². The minimum Gasteiger partial charge on any atom is -0.367 e. The maximum atomic E-state index is 3.52. The third kappa shape index (κ3) is 2.63. The lowest BCUT2D eigenvalue weighted by atomic mass is 9.98. The van der Waals surface area contributed by atoms with Crippen LogP contribution in [-0.4, -0.2) is 44.2 Å². The summed E-state index contributed by atoms with van der Waals surface area (Å²) in [4.78, 5) is 5.08. The molecule has 1 N–H and O–H groups in total. The molecular weight excluding hydrogens is 234 g/mol. The first-order valence-electron chi connectivity index (χ1n) is 7.52. The van der Waals surface area contributed by atoms with Crippen LogP contribution in [0, 0.1) is 0 Å². The van der Waals surface area contributed by atoms with E-state index in [0.29, 0.717) is 6.04 Å². The van der Waals surface area contributed by atoms with Crippen molar-refractivity contribution in [1.82, 2.24) is 10.2 Å². The van der Waals surface area contributed by atoms with Crippen LogP contribution in [0.15, 0.2) is 18.2 Å². The molecule has 0 amide bonds. The lowest BCUT2D eigenvalue weighted by molar-refractivity contribution is 0.337. The highest BCUT2D eigenvalue weighted by molar-refractivity contribution is 5.58. The molecule has 0 aromatic heterocycles. The first-order valence-corrected chi connectivity index (χ1v) is 7.52. The smallest absolute Gasteiger partial charge is 0.0417 e. The van der Waals surface area contributed by atoms with Gasteiger partial charge in [-0.1, -0.05) is 12.1 Å². The molecule has 1 aromatic carbocycles. The van der Waals surface area contributed by atoms with E-state index in [-0.39, 0.29) is 0 Å². The first-order chi connectivity index (χ1) is 9.25. The van der Waals surface area contributed by atoms with Crippen molar-refractivity contribution in [3.05, 3.63) is 29.3 Å². The zero-order valence-electron chi connectivity index (χ0n) is 12.2. The lowest BCUT2D eigenvalue weighted by Crippen LogP contribution is -2.39. The zero-order valence-corrected chi connectivity index (χ0v) is 12.2. The van der Waals surface area contributed by atoms with Gasteiger partial charge in [0.05, 0.1) is 0 Å². The summed E-state index contributed by atoms with van der Waals surface area (Å²) < 4.78 is 0. The third-order valence-corrected chi connectivity index (χ3v) is 4.48. The second-order valence-corrected chi connectivity index (χ2v) is 6.00. The Morgan fingerprint density at radius 2 is 2.16 bits per heavy atom. The van der Waals surface area contributed by atoms with Gasteiger partial charge in [0, 0.05) is 31.4 Å². The van der Waals surface area contributed by atoms with Crippen LogP contribution in [0.2, 0.25) is 0 Å². The van der Waals surface area contributed by atoms with E-state index in [1.54, 1.807) is 5.56 Å². The normalized spacial score (nSPS) is 24.9. The minimum atomic E-state index is 0.598. The van der Waals surface area contributed by atoms with Crippen LogP contribution in [-0.2, 0) is 13.0 Å². The van der Waals surface area contributed by atoms with Gasteiger partial charge in [-0.2, -0.15) is 0 Å². The molecule has 2 aliphatic rings. The van der Waals surface area contributed by atoms with Crippen molar-refractivity contribution in [2.75, 3.05) is 38.1 Å². The molecule has 0 bridgehead atoms. The van der Waals surface area contributed by atoms with Crippen molar-refractivity contribution >= 4 is 5.69 Å². The quantitative estimate of drug-likeness (QED) is 0.830. The average molecular weight is 259 g/mol. The monoisotopic (exact) mass is 259 g/mol. The number of hydrogen-bond acceptors (Lipinski definition) is 3. The van der Waals surface area contributed by atoms with Crippen LogP contribution in [0.25, 0.3) is 0 Å². The predicted octanol–water partition coefficient (Wildman–Crippen LogP) is 1.86. The Hall–Kier alpha value is -1.06. The van der Waals surface area contributed by atoms with Crippen LogP contribution in [0.3, 0.4) is 0 Å². The molecule has 0 aliphatic carbocycles. The van der Waals surface area contributed by atoms with Gasteiger partial charge in [0.15, 0.2) is 0 Å². The van der Waals surface area contributed by atoms with Crippen LogP contribution in [0.4, 0.5) is 5.69 Å². The summed E-state index contributed by atoms with van der Waals surface area (Å²) in [6, 6.07) is 7.45. The average Bonchev–Trinajstić information content (AvgIpc) is 2.59. The fraction of sp³-hybridized carbons (Fsp3) is 0.625. The molecule has 0 spiro atoms. The Morgan fingerprint density at radius 3 is 3.05 bits per heavy atom. The van der Waals surface area contributed by atoms with Gasteiger partial charge in [0.1, 0.15) is 0 Å². The predicted molar refractivity (Wildman–Crippen MR) is 80.8 cm³/mol. The number of benzene rings is 1. The number of nitrogens with zero attached hydrogens (tertiary/aromatic N) is 2. The number of fused-ring (bicyclic) bond motifs is 1. The van der Waals surface area contributed by atoms with Gasteiger partial charge in [-0.15, -0.1) is 0 Å². The van der Waals surface area contributed by atoms with Crippen LogP contribution < -0.4 is 10.2 Å². The molecule has 1 atom stereocenters. The second kappa shape index (κ2) is 5.51. The van der Waals surface area contributed by atoms with Crippen LogP contribution in [0.1, 0.15) is 24.5 Å². The van der Waals surface area contributed by atoms with Gasteiger partial charge in [-0.25, -0.2) is 0 Å². The van der Waals surface area contributed by atoms with Crippen molar-refractivity contribution in [1.29, 1.82) is 0 Å². The molecule has 104 valence electrons. The largest absolute Gasteiger partial charge is 0.367 e. The molecule has 3 heteroatoms. The summed E-state index contributed by atoms with van der Waals surface area (Å²) in [5, 5.41) is 3.52. The molecule has 2 heterocycles. The third-order valence-electron chi connectivity index (χ3n) is 4.48. The number of nitrogens with one attached hydrogen (secondary N) is 1. The molecule has 0 radical (unpaired) electrons. The Kier molecular flexibility index (Phi) is 3.76. The molecule has 1 saturated heterocycles. The lowest BCUT2D eigenvalue weighted by Gasteiger charge is -2.33. The second-order valence-electron chi connectivity index (χ2n) is 6.00. The fourth-order valence-electron chi connectivity index (χ4n) is 3.50. The van der Waals surface area contributed by atoms with Crippen molar-refractivity contribution in [3.8, 4) is 0 Å². The highest BCUT2D eigenvalue weighted by Gasteiger charge is 2.23. The van der Waals surface area contributed by atoms with E-state index < -0.39 is 0 Å². The summed E-state index contributed by atoms with van der Waals surface area (Å²) >= 11 is 0. The summed E-state index contributed by atoms with van der Waals surface area (Å²) in [5.41, 5.74) is 4.54. The fourth-order valence-corrected chi connectivity index (χ4v) is 3.50. The summed E-state index contributed by atoms with van der Waals surface area (Å²) in [5.74, 6) is 0. The molecule has 3 nitrogen and oxygen atoms in total. The van der Waals surface area contributed by atoms with E-state index in [1.165, 1.54) is 37.2 Å². The highest BCUT2D eigenvalue weighted by atomic mass is 15.2. The van der Waals surface area contributed by atoms with Gasteiger partial charge in [-0.05, 0) is 57.1 Å². The Bertz CT molecular complexity index is 444. The van der Waals surface area contributed by atoms with E-state index >= 15 is 0 Å². The topological polar surface area (TPSA) is 18.5 Å². The number of anilines is 1. The molecular formula is C16H25N3. The van der Waals surface area contributed by atoms with Gasteiger partial charge in [0.2, 0.25) is 0 Å². The molecule has 1 unspecified atom stereocenters. The van der Waals surface area contributed by atoms with Crippen molar-refractivity contribution < 1.29 is 0 Å². The standard InChI is InChI=1S/C16H25N3/c1-13-12-18(2)9-4-10-19(13)16-6-3-5-14-7-8-17-11-15(14)16/h3,5-6,13,17H,4,7-12H2,1-2H3. The number of hydrogen-bond donors (Lipinski definition) is 1. The Morgan fingerprint density at radius 1 is 1.26 bits per heavy atom. The molecule has 1 aromatic rings. The Balaban J connectivity index is 1.92. The van der Waals surface area contributed by atoms with Crippen LogP contribution >= 0.6 is 0 Å². The molecule has 2 aliphatic heterocycles. The van der Waals surface area contributed by atoms with E-state index in [0.717, 1.165) is 19.6 Å². The number of rotatable bonds is 1. The van der Waals surface area contributed by atoms with Gasteiger partial charge in [0.25, 0.3) is 0 Å².